The molecule has 140 valence electrons. The summed E-state index contributed by atoms with van der Waals surface area (Å²) in [5.41, 5.74) is 2.50. The molecular weight excluding hydrogens is 346 g/mol. The summed E-state index contributed by atoms with van der Waals surface area (Å²) in [5.74, 6) is 2.78. The van der Waals surface area contributed by atoms with Gasteiger partial charge in [0.25, 0.3) is 0 Å². The highest BCUT2D eigenvalue weighted by atomic mass is 16.5. The van der Waals surface area contributed by atoms with Crippen molar-refractivity contribution in [2.45, 2.75) is 6.92 Å². The first kappa shape index (κ1) is 18.2. The maximum Gasteiger partial charge on any atom is 0.229 e. The Kier molecular flexibility index (Phi) is 5.55. The normalized spacial score (nSPS) is 10.2. The Bertz CT molecular complexity index is 893. The van der Waals surface area contributed by atoms with Crippen LogP contribution in [-0.4, -0.2) is 36.3 Å². The van der Waals surface area contributed by atoms with E-state index in [4.69, 9.17) is 14.2 Å². The monoisotopic (exact) mass is 367 g/mol. The molecule has 0 bridgehead atoms. The first-order valence-corrected chi connectivity index (χ1v) is 8.22. The van der Waals surface area contributed by atoms with Gasteiger partial charge in [-0.2, -0.15) is 4.98 Å². The summed E-state index contributed by atoms with van der Waals surface area (Å²) in [6.45, 7) is 1.93. The zero-order valence-corrected chi connectivity index (χ0v) is 15.6. The Labute approximate surface area is 157 Å². The van der Waals surface area contributed by atoms with Gasteiger partial charge >= 0.3 is 0 Å². The molecule has 0 saturated carbocycles. The summed E-state index contributed by atoms with van der Waals surface area (Å²) in [6, 6.07) is 7.32. The van der Waals surface area contributed by atoms with Gasteiger partial charge in [-0.15, -0.1) is 0 Å². The van der Waals surface area contributed by atoms with E-state index in [9.17, 15) is 0 Å². The topological polar surface area (TPSA) is 90.4 Å². The van der Waals surface area contributed by atoms with Crippen molar-refractivity contribution in [2.75, 3.05) is 32.0 Å². The van der Waals surface area contributed by atoms with Crippen molar-refractivity contribution in [1.29, 1.82) is 0 Å². The molecule has 27 heavy (non-hydrogen) atoms. The van der Waals surface area contributed by atoms with Gasteiger partial charge in [-0.3, -0.25) is 4.98 Å². The number of rotatable bonds is 7. The third-order valence-corrected chi connectivity index (χ3v) is 3.84. The average Bonchev–Trinajstić information content (AvgIpc) is 2.70. The van der Waals surface area contributed by atoms with Gasteiger partial charge in [-0.05, 0) is 19.1 Å². The molecule has 8 nitrogen and oxygen atoms in total. The Hall–Kier alpha value is -3.55. The number of hydrogen-bond donors (Lipinski definition) is 2. The first-order valence-electron chi connectivity index (χ1n) is 8.22. The number of anilines is 4. The van der Waals surface area contributed by atoms with Crippen molar-refractivity contribution >= 4 is 23.1 Å². The fraction of sp³-hybridized carbons (Fsp3) is 0.211. The second-order valence-electron chi connectivity index (χ2n) is 5.63. The van der Waals surface area contributed by atoms with Crippen LogP contribution in [-0.2, 0) is 0 Å². The third-order valence-electron chi connectivity index (χ3n) is 3.84. The van der Waals surface area contributed by atoms with Crippen LogP contribution in [0.25, 0.3) is 0 Å². The van der Waals surface area contributed by atoms with Gasteiger partial charge in [0.1, 0.15) is 5.82 Å². The van der Waals surface area contributed by atoms with E-state index in [-0.39, 0.29) is 0 Å². The van der Waals surface area contributed by atoms with Crippen LogP contribution in [0.1, 0.15) is 5.56 Å². The Morgan fingerprint density at radius 3 is 2.11 bits per heavy atom. The quantitative estimate of drug-likeness (QED) is 0.653. The van der Waals surface area contributed by atoms with Crippen molar-refractivity contribution in [3.8, 4) is 17.2 Å². The molecule has 0 radical (unpaired) electrons. The Morgan fingerprint density at radius 2 is 1.52 bits per heavy atom. The molecule has 0 atom stereocenters. The largest absolute Gasteiger partial charge is 0.493 e. The number of hydrogen-bond acceptors (Lipinski definition) is 8. The molecule has 0 aliphatic heterocycles. The van der Waals surface area contributed by atoms with Crippen molar-refractivity contribution in [2.24, 2.45) is 0 Å². The van der Waals surface area contributed by atoms with E-state index >= 15 is 0 Å². The highest BCUT2D eigenvalue weighted by Crippen LogP contribution is 2.40. The third kappa shape index (κ3) is 4.17. The molecule has 0 aliphatic rings. The second kappa shape index (κ2) is 8.22. The lowest BCUT2D eigenvalue weighted by Gasteiger charge is -2.16. The standard InChI is InChI=1S/C19H21N5O3/c1-12-11-21-19(23-13-5-7-20-8-6-13)24-18(12)22-14-9-15(25-2)17(27-4)16(10-14)26-3/h5-11H,1-4H3,(H2,20,21,22,23,24). The van der Waals surface area contributed by atoms with Crippen LogP contribution in [0, 0.1) is 6.92 Å². The summed E-state index contributed by atoms with van der Waals surface area (Å²) < 4.78 is 16.1. The molecule has 2 aromatic heterocycles. The van der Waals surface area contributed by atoms with Crippen LogP contribution < -0.4 is 24.8 Å². The summed E-state index contributed by atoms with van der Waals surface area (Å²) in [4.78, 5) is 12.9. The van der Waals surface area contributed by atoms with Crippen LogP contribution >= 0.6 is 0 Å². The van der Waals surface area contributed by atoms with E-state index in [1.54, 1.807) is 39.9 Å². The molecule has 3 rings (SSSR count). The number of methoxy groups -OCH3 is 3. The van der Waals surface area contributed by atoms with Gasteiger partial charge in [-0.25, -0.2) is 4.98 Å². The minimum absolute atomic E-state index is 0.474. The summed E-state index contributed by atoms with van der Waals surface area (Å²) >= 11 is 0. The number of benzene rings is 1. The van der Waals surface area contributed by atoms with Crippen LogP contribution in [0.15, 0.2) is 42.9 Å². The maximum atomic E-state index is 5.39. The summed E-state index contributed by atoms with van der Waals surface area (Å²) in [7, 11) is 4.72. The molecular formula is C19H21N5O3. The van der Waals surface area contributed by atoms with Crippen LogP contribution in [0.5, 0.6) is 17.2 Å². The fourth-order valence-electron chi connectivity index (χ4n) is 2.48. The molecule has 0 spiro atoms. The van der Waals surface area contributed by atoms with E-state index in [2.05, 4.69) is 25.6 Å². The predicted octanol–water partition coefficient (Wildman–Crippen LogP) is 3.69. The van der Waals surface area contributed by atoms with E-state index in [1.807, 2.05) is 31.2 Å². The summed E-state index contributed by atoms with van der Waals surface area (Å²) in [5, 5.41) is 6.43. The van der Waals surface area contributed by atoms with Crippen LogP contribution in [0.4, 0.5) is 23.1 Å². The minimum Gasteiger partial charge on any atom is -0.493 e. The number of ether oxygens (including phenoxy) is 3. The number of aromatic nitrogens is 3. The lowest BCUT2D eigenvalue weighted by molar-refractivity contribution is 0.324. The van der Waals surface area contributed by atoms with E-state index in [0.29, 0.717) is 29.0 Å². The highest BCUT2D eigenvalue weighted by Gasteiger charge is 2.14. The zero-order chi connectivity index (χ0) is 19.2. The van der Waals surface area contributed by atoms with Crippen LogP contribution in [0.2, 0.25) is 0 Å². The predicted molar refractivity (Wildman–Crippen MR) is 104 cm³/mol. The molecule has 3 aromatic rings. The number of pyridine rings is 1. The van der Waals surface area contributed by atoms with Crippen molar-refractivity contribution in [3.63, 3.8) is 0 Å². The minimum atomic E-state index is 0.474. The molecule has 1 aromatic carbocycles. The summed E-state index contributed by atoms with van der Waals surface area (Å²) in [6.07, 6.45) is 5.15. The van der Waals surface area contributed by atoms with Crippen LogP contribution in [0.3, 0.4) is 0 Å². The van der Waals surface area contributed by atoms with E-state index in [0.717, 1.165) is 16.9 Å². The lowest BCUT2D eigenvalue weighted by atomic mass is 10.2. The average molecular weight is 367 g/mol. The Morgan fingerprint density at radius 1 is 0.852 bits per heavy atom. The van der Waals surface area contributed by atoms with Crippen molar-refractivity contribution in [3.05, 3.63) is 48.4 Å². The molecule has 2 heterocycles. The molecule has 0 unspecified atom stereocenters. The van der Waals surface area contributed by atoms with Gasteiger partial charge in [0.15, 0.2) is 11.5 Å². The van der Waals surface area contributed by atoms with Gasteiger partial charge in [0.05, 0.1) is 21.3 Å². The molecule has 0 aliphatic carbocycles. The number of aryl methyl sites for hydroxylation is 1. The lowest BCUT2D eigenvalue weighted by Crippen LogP contribution is -2.03. The smallest absolute Gasteiger partial charge is 0.229 e. The van der Waals surface area contributed by atoms with Gasteiger partial charge < -0.3 is 24.8 Å². The first-order chi connectivity index (χ1) is 13.1. The molecule has 0 amide bonds. The van der Waals surface area contributed by atoms with Crippen molar-refractivity contribution < 1.29 is 14.2 Å². The van der Waals surface area contributed by atoms with Crippen molar-refractivity contribution in [1.82, 2.24) is 15.0 Å². The molecule has 8 heteroatoms. The number of nitrogens with one attached hydrogen (secondary N) is 2. The zero-order valence-electron chi connectivity index (χ0n) is 15.6. The number of nitrogens with zero attached hydrogens (tertiary/aromatic N) is 3. The fourth-order valence-corrected chi connectivity index (χ4v) is 2.48. The molecule has 0 saturated heterocycles. The SMILES string of the molecule is COc1cc(Nc2nc(Nc3ccncc3)ncc2C)cc(OC)c1OC. The highest BCUT2D eigenvalue weighted by molar-refractivity contribution is 5.68. The molecule has 0 fully saturated rings. The van der Waals surface area contributed by atoms with E-state index in [1.165, 1.54) is 0 Å². The van der Waals surface area contributed by atoms with E-state index < -0.39 is 0 Å². The Balaban J connectivity index is 1.90. The molecule has 2 N–H and O–H groups in total. The van der Waals surface area contributed by atoms with Gasteiger partial charge in [0, 0.05) is 47.7 Å². The second-order valence-corrected chi connectivity index (χ2v) is 5.63. The van der Waals surface area contributed by atoms with Gasteiger partial charge in [-0.1, -0.05) is 0 Å². The van der Waals surface area contributed by atoms with Gasteiger partial charge in [0.2, 0.25) is 11.7 Å². The maximum absolute atomic E-state index is 5.39.